The first-order valence-corrected chi connectivity index (χ1v) is 2.72. The summed E-state index contributed by atoms with van der Waals surface area (Å²) in [4.78, 5) is 0. The Labute approximate surface area is 49.5 Å². The molecule has 8 heavy (non-hydrogen) atoms. The summed E-state index contributed by atoms with van der Waals surface area (Å²) in [6, 6.07) is 0. The molecule has 0 rings (SSSR count). The van der Waals surface area contributed by atoms with E-state index in [-0.39, 0.29) is 0 Å². The number of oxime groups is 1. The Kier molecular flexibility index (Phi) is 5.60. The standard InChI is InChI=1S/C6H11NO/c1-2-3-4-5-6-7-8/h3-4,6,8H,2,5H2,1H3/b4-3+,7-6?. The first-order valence-electron chi connectivity index (χ1n) is 2.72. The van der Waals surface area contributed by atoms with Crippen molar-refractivity contribution in [3.63, 3.8) is 0 Å². The minimum absolute atomic E-state index is 0.727. The summed E-state index contributed by atoms with van der Waals surface area (Å²) >= 11 is 0. The van der Waals surface area contributed by atoms with Gasteiger partial charge in [-0.3, -0.25) is 0 Å². The maximum Gasteiger partial charge on any atom is 0.0473 e. The van der Waals surface area contributed by atoms with Gasteiger partial charge in [0.15, 0.2) is 0 Å². The molecule has 0 spiro atoms. The lowest BCUT2D eigenvalue weighted by Crippen LogP contribution is -1.67. The molecule has 0 fully saturated rings. The van der Waals surface area contributed by atoms with Crippen LogP contribution in [0.25, 0.3) is 0 Å². The maximum atomic E-state index is 7.90. The molecule has 0 aromatic carbocycles. The van der Waals surface area contributed by atoms with Crippen molar-refractivity contribution < 1.29 is 5.21 Å². The fourth-order valence-electron chi connectivity index (χ4n) is 0.371. The molecule has 0 bridgehead atoms. The van der Waals surface area contributed by atoms with E-state index in [2.05, 4.69) is 12.1 Å². The SMILES string of the molecule is CC/C=C/CC=NO. The lowest BCUT2D eigenvalue weighted by Gasteiger charge is -1.76. The van der Waals surface area contributed by atoms with Crippen LogP contribution in [0.4, 0.5) is 0 Å². The van der Waals surface area contributed by atoms with Gasteiger partial charge in [0.1, 0.15) is 0 Å². The molecule has 0 aromatic heterocycles. The average molecular weight is 113 g/mol. The van der Waals surface area contributed by atoms with Gasteiger partial charge in [0.2, 0.25) is 0 Å². The molecule has 0 unspecified atom stereocenters. The number of rotatable bonds is 3. The summed E-state index contributed by atoms with van der Waals surface area (Å²) < 4.78 is 0. The molecule has 46 valence electrons. The molecule has 1 N–H and O–H groups in total. The van der Waals surface area contributed by atoms with E-state index in [1.807, 2.05) is 12.2 Å². The van der Waals surface area contributed by atoms with E-state index in [1.165, 1.54) is 6.21 Å². The highest BCUT2D eigenvalue weighted by molar-refractivity contribution is 5.58. The molecule has 0 saturated heterocycles. The molecular formula is C6H11NO. The highest BCUT2D eigenvalue weighted by Gasteiger charge is 1.67. The van der Waals surface area contributed by atoms with Gasteiger partial charge in [-0.1, -0.05) is 19.1 Å². The van der Waals surface area contributed by atoms with E-state index in [0.29, 0.717) is 0 Å². The normalized spacial score (nSPS) is 11.6. The van der Waals surface area contributed by atoms with Gasteiger partial charge in [-0.2, -0.15) is 0 Å². The van der Waals surface area contributed by atoms with Gasteiger partial charge in [0.25, 0.3) is 0 Å². The van der Waals surface area contributed by atoms with Crippen molar-refractivity contribution in [2.75, 3.05) is 0 Å². The monoisotopic (exact) mass is 113 g/mol. The maximum absolute atomic E-state index is 7.90. The van der Waals surface area contributed by atoms with Crippen LogP contribution in [0.1, 0.15) is 19.8 Å². The average Bonchev–Trinajstić information content (AvgIpc) is 1.81. The molecule has 0 amide bonds. The third-order valence-corrected chi connectivity index (χ3v) is 0.726. The Hall–Kier alpha value is -0.790. The first-order chi connectivity index (χ1) is 3.91. The van der Waals surface area contributed by atoms with Crippen LogP contribution < -0.4 is 0 Å². The minimum atomic E-state index is 0.727. The zero-order valence-electron chi connectivity index (χ0n) is 5.04. The van der Waals surface area contributed by atoms with Crippen LogP contribution in [-0.4, -0.2) is 11.4 Å². The van der Waals surface area contributed by atoms with Crippen LogP contribution in [0.3, 0.4) is 0 Å². The lowest BCUT2D eigenvalue weighted by atomic mass is 10.3. The van der Waals surface area contributed by atoms with E-state index in [4.69, 9.17) is 5.21 Å². The van der Waals surface area contributed by atoms with Crippen molar-refractivity contribution in [1.82, 2.24) is 0 Å². The Morgan fingerprint density at radius 2 is 2.25 bits per heavy atom. The van der Waals surface area contributed by atoms with Gasteiger partial charge in [-0.25, -0.2) is 0 Å². The fraction of sp³-hybridized carbons (Fsp3) is 0.500. The third kappa shape index (κ3) is 5.21. The molecule has 0 radical (unpaired) electrons. The molecule has 0 atom stereocenters. The van der Waals surface area contributed by atoms with Crippen LogP contribution in [-0.2, 0) is 0 Å². The van der Waals surface area contributed by atoms with Crippen molar-refractivity contribution in [2.45, 2.75) is 19.8 Å². The van der Waals surface area contributed by atoms with E-state index in [1.54, 1.807) is 0 Å². The highest BCUT2D eigenvalue weighted by Crippen LogP contribution is 1.81. The van der Waals surface area contributed by atoms with E-state index in [0.717, 1.165) is 12.8 Å². The van der Waals surface area contributed by atoms with Gasteiger partial charge >= 0.3 is 0 Å². The van der Waals surface area contributed by atoms with Crippen LogP contribution in [0, 0.1) is 0 Å². The Bertz CT molecular complexity index is 86.5. The molecule has 0 aliphatic carbocycles. The van der Waals surface area contributed by atoms with Crippen molar-refractivity contribution in [1.29, 1.82) is 0 Å². The second-order valence-corrected chi connectivity index (χ2v) is 1.41. The molecule has 2 heteroatoms. The molecule has 0 saturated carbocycles. The van der Waals surface area contributed by atoms with Gasteiger partial charge in [0, 0.05) is 12.6 Å². The second kappa shape index (κ2) is 6.21. The summed E-state index contributed by atoms with van der Waals surface area (Å²) in [5, 5.41) is 10.7. The number of hydrogen-bond acceptors (Lipinski definition) is 2. The summed E-state index contributed by atoms with van der Waals surface area (Å²) in [7, 11) is 0. The number of nitrogens with zero attached hydrogens (tertiary/aromatic N) is 1. The van der Waals surface area contributed by atoms with Crippen LogP contribution >= 0.6 is 0 Å². The van der Waals surface area contributed by atoms with E-state index < -0.39 is 0 Å². The van der Waals surface area contributed by atoms with Gasteiger partial charge in [0.05, 0.1) is 0 Å². The summed E-state index contributed by atoms with van der Waals surface area (Å²) in [5.74, 6) is 0. The smallest absolute Gasteiger partial charge is 0.0473 e. The Morgan fingerprint density at radius 1 is 1.50 bits per heavy atom. The van der Waals surface area contributed by atoms with Gasteiger partial charge in [-0.15, -0.1) is 5.16 Å². The zero-order chi connectivity index (χ0) is 6.24. The van der Waals surface area contributed by atoms with Gasteiger partial charge < -0.3 is 5.21 Å². The third-order valence-electron chi connectivity index (χ3n) is 0.726. The van der Waals surface area contributed by atoms with Crippen LogP contribution in [0.15, 0.2) is 17.3 Å². The minimum Gasteiger partial charge on any atom is -0.411 e. The van der Waals surface area contributed by atoms with Crippen molar-refractivity contribution >= 4 is 6.21 Å². The molecular weight excluding hydrogens is 102 g/mol. The topological polar surface area (TPSA) is 32.6 Å². The van der Waals surface area contributed by atoms with Crippen molar-refractivity contribution in [3.8, 4) is 0 Å². The molecule has 0 heterocycles. The summed E-state index contributed by atoms with van der Waals surface area (Å²) in [5.41, 5.74) is 0. The van der Waals surface area contributed by atoms with Crippen molar-refractivity contribution in [2.24, 2.45) is 5.16 Å². The fourth-order valence-corrected chi connectivity index (χ4v) is 0.371. The van der Waals surface area contributed by atoms with E-state index >= 15 is 0 Å². The molecule has 0 aromatic rings. The summed E-state index contributed by atoms with van der Waals surface area (Å²) in [6.45, 7) is 2.06. The molecule has 2 nitrogen and oxygen atoms in total. The Balaban J connectivity index is 3.03. The van der Waals surface area contributed by atoms with Crippen molar-refractivity contribution in [3.05, 3.63) is 12.2 Å². The van der Waals surface area contributed by atoms with E-state index in [9.17, 15) is 0 Å². The highest BCUT2D eigenvalue weighted by atomic mass is 16.4. The largest absolute Gasteiger partial charge is 0.411 e. The zero-order valence-corrected chi connectivity index (χ0v) is 5.04. The second-order valence-electron chi connectivity index (χ2n) is 1.41. The summed E-state index contributed by atoms with van der Waals surface area (Å²) in [6.07, 6.45) is 7.21. The molecule has 0 aliphatic heterocycles. The number of hydrogen-bond donors (Lipinski definition) is 1. The van der Waals surface area contributed by atoms with Crippen LogP contribution in [0.2, 0.25) is 0 Å². The quantitative estimate of drug-likeness (QED) is 0.257. The van der Waals surface area contributed by atoms with Gasteiger partial charge in [-0.05, 0) is 6.42 Å². The lowest BCUT2D eigenvalue weighted by molar-refractivity contribution is 0.321. The molecule has 0 aliphatic rings. The first kappa shape index (κ1) is 7.21. The number of allylic oxidation sites excluding steroid dienone is 2. The van der Waals surface area contributed by atoms with Crippen LogP contribution in [0.5, 0.6) is 0 Å². The predicted molar refractivity (Wildman–Crippen MR) is 34.3 cm³/mol. The Morgan fingerprint density at radius 3 is 2.75 bits per heavy atom. The predicted octanol–water partition coefficient (Wildman–Crippen LogP) is 1.80.